The first kappa shape index (κ1) is 12.0. The minimum absolute atomic E-state index is 0.0637. The summed E-state index contributed by atoms with van der Waals surface area (Å²) in [5, 5.41) is 14.4. The average Bonchev–Trinajstić information content (AvgIpc) is 2.68. The number of nitrogens with zero attached hydrogens (tertiary/aromatic N) is 4. The van der Waals surface area contributed by atoms with Gasteiger partial charge < -0.3 is 0 Å². The Labute approximate surface area is 102 Å². The van der Waals surface area contributed by atoms with Gasteiger partial charge in [0.05, 0.1) is 11.5 Å². The van der Waals surface area contributed by atoms with Crippen molar-refractivity contribution in [2.75, 3.05) is 0 Å². The van der Waals surface area contributed by atoms with Crippen molar-refractivity contribution in [1.29, 1.82) is 0 Å². The minimum Gasteiger partial charge on any atom is -0.285 e. The molecule has 0 saturated carbocycles. The Balaban J connectivity index is 2.04. The Hall–Kier alpha value is -2.44. The van der Waals surface area contributed by atoms with Crippen LogP contribution in [0.3, 0.4) is 0 Å². The van der Waals surface area contributed by atoms with Crippen LogP contribution in [0.5, 0.6) is 0 Å². The van der Waals surface area contributed by atoms with E-state index in [1.54, 1.807) is 19.2 Å². The molecular formula is C11H12N4O3. The summed E-state index contributed by atoms with van der Waals surface area (Å²) < 4.78 is 2.76. The Morgan fingerprint density at radius 3 is 2.50 bits per heavy atom. The second-order valence-corrected chi connectivity index (χ2v) is 3.92. The lowest BCUT2D eigenvalue weighted by Crippen LogP contribution is -2.23. The summed E-state index contributed by atoms with van der Waals surface area (Å²) in [5.74, 6) is 0. The lowest BCUT2D eigenvalue weighted by molar-refractivity contribution is -0.384. The van der Waals surface area contributed by atoms with E-state index in [2.05, 4.69) is 5.10 Å². The van der Waals surface area contributed by atoms with Gasteiger partial charge >= 0.3 is 5.69 Å². The van der Waals surface area contributed by atoms with Crippen LogP contribution in [0.25, 0.3) is 0 Å². The molecule has 0 radical (unpaired) electrons. The SMILES string of the molecule is Cn1cnn(CCc2ccc([N+](=O)[O-])cc2)c1=O. The van der Waals surface area contributed by atoms with Gasteiger partial charge in [0.15, 0.2) is 0 Å². The maximum atomic E-state index is 11.5. The lowest BCUT2D eigenvalue weighted by atomic mass is 10.1. The van der Waals surface area contributed by atoms with E-state index in [4.69, 9.17) is 0 Å². The van der Waals surface area contributed by atoms with Gasteiger partial charge in [-0.2, -0.15) is 5.10 Å². The van der Waals surface area contributed by atoms with Crippen molar-refractivity contribution in [3.05, 3.63) is 56.8 Å². The largest absolute Gasteiger partial charge is 0.345 e. The van der Waals surface area contributed by atoms with Crippen LogP contribution in [0.4, 0.5) is 5.69 Å². The molecule has 7 nitrogen and oxygen atoms in total. The van der Waals surface area contributed by atoms with E-state index in [0.717, 1.165) is 5.56 Å². The molecule has 0 spiro atoms. The second-order valence-electron chi connectivity index (χ2n) is 3.92. The molecule has 94 valence electrons. The summed E-state index contributed by atoms with van der Waals surface area (Å²) >= 11 is 0. The summed E-state index contributed by atoms with van der Waals surface area (Å²) in [6, 6.07) is 6.28. The lowest BCUT2D eigenvalue weighted by Gasteiger charge is -2.00. The van der Waals surface area contributed by atoms with Gasteiger partial charge in [0.2, 0.25) is 0 Å². The summed E-state index contributed by atoms with van der Waals surface area (Å²) in [5.41, 5.74) is 0.823. The molecule has 0 aliphatic carbocycles. The van der Waals surface area contributed by atoms with Gasteiger partial charge in [-0.1, -0.05) is 12.1 Å². The summed E-state index contributed by atoms with van der Waals surface area (Å²) in [6.45, 7) is 0.456. The summed E-state index contributed by atoms with van der Waals surface area (Å²) in [6.07, 6.45) is 2.06. The van der Waals surface area contributed by atoms with E-state index in [-0.39, 0.29) is 11.4 Å². The predicted molar refractivity (Wildman–Crippen MR) is 64.3 cm³/mol. The second kappa shape index (κ2) is 4.82. The maximum Gasteiger partial charge on any atom is 0.345 e. The molecule has 0 unspecified atom stereocenters. The number of aryl methyl sites for hydroxylation is 3. The molecular weight excluding hydrogens is 236 g/mol. The monoisotopic (exact) mass is 248 g/mol. The standard InChI is InChI=1S/C11H12N4O3/c1-13-8-12-14(11(13)16)7-6-9-2-4-10(5-3-9)15(17)18/h2-5,8H,6-7H2,1H3. The first-order valence-electron chi connectivity index (χ1n) is 5.39. The number of nitro groups is 1. The number of aromatic nitrogens is 3. The van der Waals surface area contributed by atoms with Crippen molar-refractivity contribution >= 4 is 5.69 Å². The van der Waals surface area contributed by atoms with Crippen LogP contribution in [0.1, 0.15) is 5.56 Å². The van der Waals surface area contributed by atoms with Crippen LogP contribution in [0.2, 0.25) is 0 Å². The Morgan fingerprint density at radius 1 is 1.33 bits per heavy atom. The van der Waals surface area contributed by atoms with Crippen LogP contribution < -0.4 is 5.69 Å². The van der Waals surface area contributed by atoms with Gasteiger partial charge in [-0.15, -0.1) is 0 Å². The first-order valence-corrected chi connectivity index (χ1v) is 5.39. The highest BCUT2D eigenvalue weighted by Crippen LogP contribution is 2.12. The smallest absolute Gasteiger partial charge is 0.285 e. The first-order chi connectivity index (χ1) is 8.58. The van der Waals surface area contributed by atoms with Crippen molar-refractivity contribution < 1.29 is 4.92 Å². The molecule has 1 aromatic heterocycles. The topological polar surface area (TPSA) is 83.0 Å². The molecule has 2 rings (SSSR count). The number of hydrogen-bond donors (Lipinski definition) is 0. The highest BCUT2D eigenvalue weighted by atomic mass is 16.6. The molecule has 0 aliphatic rings. The van der Waals surface area contributed by atoms with Gasteiger partial charge in [-0.3, -0.25) is 14.7 Å². The van der Waals surface area contributed by atoms with Crippen molar-refractivity contribution in [3.63, 3.8) is 0 Å². The molecule has 0 amide bonds. The van der Waals surface area contributed by atoms with Gasteiger partial charge in [-0.25, -0.2) is 9.48 Å². The molecule has 2 aromatic rings. The van der Waals surface area contributed by atoms with Crippen LogP contribution in [0, 0.1) is 10.1 Å². The van der Waals surface area contributed by atoms with E-state index in [1.807, 2.05) is 0 Å². The van der Waals surface area contributed by atoms with E-state index in [0.29, 0.717) is 13.0 Å². The molecule has 0 fully saturated rings. The zero-order valence-corrected chi connectivity index (χ0v) is 9.81. The van der Waals surface area contributed by atoms with Crippen LogP contribution in [0.15, 0.2) is 35.4 Å². The number of hydrogen-bond acceptors (Lipinski definition) is 4. The van der Waals surface area contributed by atoms with Crippen molar-refractivity contribution in [2.24, 2.45) is 7.05 Å². The van der Waals surface area contributed by atoms with E-state index < -0.39 is 4.92 Å². The van der Waals surface area contributed by atoms with Crippen molar-refractivity contribution in [3.8, 4) is 0 Å². The average molecular weight is 248 g/mol. The van der Waals surface area contributed by atoms with E-state index in [1.165, 1.54) is 27.7 Å². The third-order valence-electron chi connectivity index (χ3n) is 2.65. The normalized spacial score (nSPS) is 10.5. The fraction of sp³-hybridized carbons (Fsp3) is 0.273. The number of benzene rings is 1. The summed E-state index contributed by atoms with van der Waals surface area (Å²) in [7, 11) is 1.64. The third kappa shape index (κ3) is 2.45. The molecule has 0 bridgehead atoms. The number of rotatable bonds is 4. The van der Waals surface area contributed by atoms with Gasteiger partial charge in [0.1, 0.15) is 6.33 Å². The van der Waals surface area contributed by atoms with Crippen LogP contribution in [-0.4, -0.2) is 19.3 Å². The van der Waals surface area contributed by atoms with E-state index in [9.17, 15) is 14.9 Å². The Bertz CT molecular complexity index is 612. The third-order valence-corrected chi connectivity index (χ3v) is 2.65. The molecule has 1 aromatic carbocycles. The van der Waals surface area contributed by atoms with E-state index >= 15 is 0 Å². The van der Waals surface area contributed by atoms with Crippen molar-refractivity contribution in [1.82, 2.24) is 14.3 Å². The van der Waals surface area contributed by atoms with Gasteiger partial charge in [0, 0.05) is 19.2 Å². The minimum atomic E-state index is -0.437. The van der Waals surface area contributed by atoms with Crippen LogP contribution >= 0.6 is 0 Å². The maximum absolute atomic E-state index is 11.5. The predicted octanol–water partition coefficient (Wildman–Crippen LogP) is 0.733. The quantitative estimate of drug-likeness (QED) is 0.590. The van der Waals surface area contributed by atoms with Gasteiger partial charge in [-0.05, 0) is 12.0 Å². The fourth-order valence-corrected chi connectivity index (χ4v) is 1.59. The molecule has 0 aliphatic heterocycles. The van der Waals surface area contributed by atoms with Gasteiger partial charge in [0.25, 0.3) is 5.69 Å². The number of nitro benzene ring substituents is 1. The summed E-state index contributed by atoms with van der Waals surface area (Å²) in [4.78, 5) is 21.6. The van der Waals surface area contributed by atoms with Crippen LogP contribution in [-0.2, 0) is 20.0 Å². The Morgan fingerprint density at radius 2 is 2.00 bits per heavy atom. The fourth-order valence-electron chi connectivity index (χ4n) is 1.59. The Kier molecular flexibility index (Phi) is 3.22. The highest BCUT2D eigenvalue weighted by molar-refractivity contribution is 5.32. The number of non-ortho nitro benzene ring substituents is 1. The zero-order valence-electron chi connectivity index (χ0n) is 9.81. The molecule has 18 heavy (non-hydrogen) atoms. The molecule has 1 heterocycles. The van der Waals surface area contributed by atoms with Crippen molar-refractivity contribution in [2.45, 2.75) is 13.0 Å². The molecule has 0 N–H and O–H groups in total. The molecule has 0 atom stereocenters. The molecule has 0 saturated heterocycles. The molecule has 7 heteroatoms. The highest BCUT2D eigenvalue weighted by Gasteiger charge is 2.05. The zero-order chi connectivity index (χ0) is 13.1.